The summed E-state index contributed by atoms with van der Waals surface area (Å²) >= 11 is 0. The molecule has 0 amide bonds. The van der Waals surface area contributed by atoms with E-state index < -0.39 is 14.8 Å². The van der Waals surface area contributed by atoms with Crippen LogP contribution in [0, 0.1) is 0 Å². The van der Waals surface area contributed by atoms with Crippen LogP contribution in [0.1, 0.15) is 61.8 Å². The molecule has 0 bridgehead atoms. The highest BCUT2D eigenvalue weighted by atomic mass is 28.4. The van der Waals surface area contributed by atoms with Crippen LogP contribution in [0.5, 0.6) is 0 Å². The number of hydrogen-bond donors (Lipinski definition) is 1. The summed E-state index contributed by atoms with van der Waals surface area (Å²) in [5.74, 6) is -0.931. The van der Waals surface area contributed by atoms with Gasteiger partial charge in [0.05, 0.1) is 0 Å². The minimum Gasteiger partial charge on any atom is -0.478 e. The molecule has 0 heterocycles. The molecular formula is C16H32O5Si. The molecule has 0 rings (SSSR count). The molecule has 130 valence electrons. The van der Waals surface area contributed by atoms with E-state index >= 15 is 0 Å². The monoisotopic (exact) mass is 332 g/mol. The molecule has 0 aromatic rings. The predicted molar refractivity (Wildman–Crippen MR) is 89.9 cm³/mol. The third kappa shape index (κ3) is 7.04. The van der Waals surface area contributed by atoms with Crippen molar-refractivity contribution in [3.8, 4) is 0 Å². The molecule has 0 radical (unpaired) electrons. The number of allylic oxidation sites excluding steroid dienone is 1. The van der Waals surface area contributed by atoms with E-state index in [1.165, 1.54) is 0 Å². The Balaban J connectivity index is 5.81. The first-order valence-corrected chi connectivity index (χ1v) is 9.79. The first-order chi connectivity index (χ1) is 10.0. The average molecular weight is 333 g/mol. The van der Waals surface area contributed by atoms with Crippen molar-refractivity contribution < 1.29 is 23.2 Å². The number of hydrogen-bond acceptors (Lipinski definition) is 4. The van der Waals surface area contributed by atoms with Gasteiger partial charge in [-0.15, -0.1) is 0 Å². The number of aliphatic carboxylic acids is 1. The van der Waals surface area contributed by atoms with Crippen LogP contribution in [0.4, 0.5) is 0 Å². The quantitative estimate of drug-likeness (QED) is 0.483. The maximum absolute atomic E-state index is 11.2. The van der Waals surface area contributed by atoms with Crippen molar-refractivity contribution in [2.75, 3.05) is 0 Å². The maximum Gasteiger partial charge on any atom is 0.508 e. The Morgan fingerprint density at radius 1 is 1.00 bits per heavy atom. The molecule has 0 aliphatic rings. The fraction of sp³-hybridized carbons (Fsp3) is 0.812. The van der Waals surface area contributed by atoms with Crippen LogP contribution in [0.3, 0.4) is 0 Å². The van der Waals surface area contributed by atoms with E-state index in [0.717, 1.165) is 0 Å². The van der Waals surface area contributed by atoms with Gasteiger partial charge in [0.2, 0.25) is 0 Å². The SMILES string of the molecule is CCC(C=C(C)C(=O)O)[Si](OC(C)C)(OC(C)C)OC(C)C. The van der Waals surface area contributed by atoms with Crippen LogP contribution < -0.4 is 0 Å². The van der Waals surface area contributed by atoms with Crippen LogP contribution in [0.2, 0.25) is 5.54 Å². The molecular weight excluding hydrogens is 300 g/mol. The second kappa shape index (κ2) is 9.45. The van der Waals surface area contributed by atoms with Gasteiger partial charge in [-0.3, -0.25) is 0 Å². The summed E-state index contributed by atoms with van der Waals surface area (Å²) in [4.78, 5) is 11.2. The van der Waals surface area contributed by atoms with Crippen LogP contribution >= 0.6 is 0 Å². The molecule has 0 aromatic carbocycles. The Morgan fingerprint density at radius 3 is 1.59 bits per heavy atom. The van der Waals surface area contributed by atoms with Crippen LogP contribution in [-0.2, 0) is 18.1 Å². The minimum absolute atomic E-state index is 0.0586. The lowest BCUT2D eigenvalue weighted by Crippen LogP contribution is -2.54. The third-order valence-electron chi connectivity index (χ3n) is 2.88. The standard InChI is InChI=1S/C16H32O5Si/c1-9-15(10-14(8)16(17)18)22(19-11(2)3,20-12(4)5)21-13(6)7/h10-13,15H,9H2,1-8H3,(H,17,18). The Hall–Kier alpha value is -0.693. The summed E-state index contributed by atoms with van der Waals surface area (Å²) < 4.78 is 18.5. The molecule has 22 heavy (non-hydrogen) atoms. The Kier molecular flexibility index (Phi) is 9.15. The van der Waals surface area contributed by atoms with Gasteiger partial charge in [-0.25, -0.2) is 4.79 Å². The topological polar surface area (TPSA) is 65.0 Å². The second-order valence-corrected chi connectivity index (χ2v) is 8.93. The summed E-state index contributed by atoms with van der Waals surface area (Å²) in [6.45, 7) is 15.2. The second-order valence-electron chi connectivity index (χ2n) is 6.27. The van der Waals surface area contributed by atoms with E-state index in [1.807, 2.05) is 48.5 Å². The third-order valence-corrected chi connectivity index (χ3v) is 6.77. The van der Waals surface area contributed by atoms with Gasteiger partial charge in [-0.2, -0.15) is 0 Å². The van der Waals surface area contributed by atoms with Gasteiger partial charge in [-0.1, -0.05) is 13.0 Å². The number of rotatable bonds is 10. The lowest BCUT2D eigenvalue weighted by Gasteiger charge is -2.38. The minimum atomic E-state index is -3.06. The van der Waals surface area contributed by atoms with Crippen LogP contribution in [0.15, 0.2) is 11.6 Å². The molecule has 0 aliphatic carbocycles. The highest BCUT2D eigenvalue weighted by Gasteiger charge is 2.50. The number of carboxylic acid groups (broad SMARTS) is 1. The van der Waals surface area contributed by atoms with E-state index in [-0.39, 0.29) is 29.4 Å². The smallest absolute Gasteiger partial charge is 0.478 e. The molecule has 0 saturated heterocycles. The predicted octanol–water partition coefficient (Wildman–Crippen LogP) is 4.01. The summed E-state index contributed by atoms with van der Waals surface area (Å²) in [5.41, 5.74) is 0.103. The highest BCUT2D eigenvalue weighted by Crippen LogP contribution is 2.34. The summed E-state index contributed by atoms with van der Waals surface area (Å²) in [6.07, 6.45) is 2.25. The van der Waals surface area contributed by atoms with Crippen molar-refractivity contribution in [3.05, 3.63) is 11.6 Å². The molecule has 0 spiro atoms. The lowest BCUT2D eigenvalue weighted by molar-refractivity contribution is -0.132. The number of carboxylic acids is 1. The summed E-state index contributed by atoms with van der Waals surface area (Å²) in [5, 5.41) is 9.16. The maximum atomic E-state index is 11.2. The molecule has 0 aliphatic heterocycles. The molecule has 0 saturated carbocycles. The summed E-state index contributed by atoms with van der Waals surface area (Å²) in [7, 11) is -3.06. The summed E-state index contributed by atoms with van der Waals surface area (Å²) in [6, 6.07) is 0. The normalized spacial score (nSPS) is 15.0. The van der Waals surface area contributed by atoms with Crippen molar-refractivity contribution >= 4 is 14.8 Å². The van der Waals surface area contributed by atoms with Gasteiger partial charge in [0, 0.05) is 29.4 Å². The number of carbonyl (C=O) groups is 1. The van der Waals surface area contributed by atoms with Gasteiger partial charge >= 0.3 is 14.8 Å². The van der Waals surface area contributed by atoms with E-state index in [1.54, 1.807) is 13.0 Å². The Labute approximate surface area is 136 Å². The zero-order valence-electron chi connectivity index (χ0n) is 15.2. The van der Waals surface area contributed by atoms with Crippen molar-refractivity contribution in [1.82, 2.24) is 0 Å². The fourth-order valence-corrected chi connectivity index (χ4v) is 5.79. The van der Waals surface area contributed by atoms with Crippen LogP contribution in [-0.4, -0.2) is 38.2 Å². The van der Waals surface area contributed by atoms with Gasteiger partial charge < -0.3 is 18.4 Å². The first-order valence-electron chi connectivity index (χ1n) is 7.99. The fourth-order valence-electron chi connectivity index (χ4n) is 2.17. The van der Waals surface area contributed by atoms with E-state index in [2.05, 4.69) is 0 Å². The Bertz CT molecular complexity index is 350. The van der Waals surface area contributed by atoms with E-state index in [0.29, 0.717) is 6.42 Å². The van der Waals surface area contributed by atoms with Crippen molar-refractivity contribution in [3.63, 3.8) is 0 Å². The molecule has 1 N–H and O–H groups in total. The zero-order chi connectivity index (χ0) is 17.5. The first kappa shape index (κ1) is 21.3. The van der Waals surface area contributed by atoms with Crippen molar-refractivity contribution in [2.45, 2.75) is 85.7 Å². The van der Waals surface area contributed by atoms with Gasteiger partial charge in [-0.05, 0) is 54.9 Å². The average Bonchev–Trinajstić information content (AvgIpc) is 2.32. The van der Waals surface area contributed by atoms with Crippen LogP contribution in [0.25, 0.3) is 0 Å². The molecule has 5 nitrogen and oxygen atoms in total. The van der Waals surface area contributed by atoms with Gasteiger partial charge in [0.1, 0.15) is 0 Å². The van der Waals surface area contributed by atoms with Gasteiger partial charge in [0.25, 0.3) is 0 Å². The highest BCUT2D eigenvalue weighted by molar-refractivity contribution is 6.63. The van der Waals surface area contributed by atoms with Crippen molar-refractivity contribution in [1.29, 1.82) is 0 Å². The van der Waals surface area contributed by atoms with E-state index in [4.69, 9.17) is 18.4 Å². The lowest BCUT2D eigenvalue weighted by atomic mass is 10.2. The molecule has 6 heteroatoms. The molecule has 1 atom stereocenters. The molecule has 0 fully saturated rings. The Morgan fingerprint density at radius 2 is 1.36 bits per heavy atom. The molecule has 1 unspecified atom stereocenters. The van der Waals surface area contributed by atoms with Gasteiger partial charge in [0.15, 0.2) is 0 Å². The largest absolute Gasteiger partial charge is 0.508 e. The van der Waals surface area contributed by atoms with Crippen molar-refractivity contribution in [2.24, 2.45) is 0 Å². The van der Waals surface area contributed by atoms with E-state index in [9.17, 15) is 4.79 Å². The molecule has 0 aromatic heterocycles. The zero-order valence-corrected chi connectivity index (χ0v) is 16.2.